The van der Waals surface area contributed by atoms with Crippen molar-refractivity contribution in [3.05, 3.63) is 42.0 Å². The Bertz CT molecular complexity index is 370. The molecule has 1 aromatic rings. The smallest absolute Gasteiger partial charge is 0.311 e. The van der Waals surface area contributed by atoms with E-state index in [2.05, 4.69) is 0 Å². The number of esters is 1. The fourth-order valence-corrected chi connectivity index (χ4v) is 1.35. The van der Waals surface area contributed by atoms with Gasteiger partial charge < -0.3 is 9.84 Å². The van der Waals surface area contributed by atoms with Crippen molar-refractivity contribution in [3.8, 4) is 0 Å². The molecule has 92 valence electrons. The summed E-state index contributed by atoms with van der Waals surface area (Å²) in [6.45, 7) is 3.73. The van der Waals surface area contributed by atoms with Gasteiger partial charge in [-0.15, -0.1) is 0 Å². The molecular weight excluding hydrogens is 216 g/mol. The first-order valence-corrected chi connectivity index (χ1v) is 5.73. The van der Waals surface area contributed by atoms with Gasteiger partial charge in [0, 0.05) is 0 Å². The molecule has 3 heteroatoms. The molecule has 0 saturated heterocycles. The third-order valence-electron chi connectivity index (χ3n) is 2.46. The molecule has 0 aliphatic heterocycles. The Morgan fingerprint density at radius 3 is 2.65 bits per heavy atom. The second kappa shape index (κ2) is 6.86. The number of carbonyl (C=O) groups is 1. The van der Waals surface area contributed by atoms with Gasteiger partial charge in [0.2, 0.25) is 0 Å². The highest BCUT2D eigenvalue weighted by Gasteiger charge is 2.20. The molecule has 0 spiro atoms. The first-order chi connectivity index (χ1) is 8.15. The largest absolute Gasteiger partial charge is 0.466 e. The number of hydrogen-bond donors (Lipinski definition) is 1. The van der Waals surface area contributed by atoms with Crippen LogP contribution in [0.1, 0.15) is 19.4 Å². The summed E-state index contributed by atoms with van der Waals surface area (Å²) in [4.78, 5) is 11.4. The van der Waals surface area contributed by atoms with E-state index in [4.69, 9.17) is 4.74 Å². The minimum absolute atomic E-state index is 0.332. The lowest BCUT2D eigenvalue weighted by molar-refractivity contribution is -0.150. The molecule has 17 heavy (non-hydrogen) atoms. The molecule has 0 aliphatic rings. The number of benzene rings is 1. The van der Waals surface area contributed by atoms with E-state index < -0.39 is 12.0 Å². The van der Waals surface area contributed by atoms with E-state index in [1.165, 1.54) is 0 Å². The van der Waals surface area contributed by atoms with Crippen LogP contribution in [0.25, 0.3) is 6.08 Å². The highest BCUT2D eigenvalue weighted by atomic mass is 16.5. The second-order valence-electron chi connectivity index (χ2n) is 3.80. The van der Waals surface area contributed by atoms with Crippen molar-refractivity contribution in [3.63, 3.8) is 0 Å². The van der Waals surface area contributed by atoms with Gasteiger partial charge in [0.15, 0.2) is 0 Å². The van der Waals surface area contributed by atoms with E-state index in [0.717, 1.165) is 5.56 Å². The van der Waals surface area contributed by atoms with Crippen molar-refractivity contribution in [2.75, 3.05) is 6.61 Å². The van der Waals surface area contributed by atoms with Crippen LogP contribution in [0.5, 0.6) is 0 Å². The SMILES string of the molecule is CCOC(=O)C(C)C(O)/C=C/c1ccccc1. The van der Waals surface area contributed by atoms with Crippen molar-refractivity contribution >= 4 is 12.0 Å². The Balaban J connectivity index is 2.57. The molecule has 1 aromatic carbocycles. The maximum absolute atomic E-state index is 11.4. The van der Waals surface area contributed by atoms with Gasteiger partial charge in [0.25, 0.3) is 0 Å². The van der Waals surface area contributed by atoms with E-state index >= 15 is 0 Å². The van der Waals surface area contributed by atoms with Crippen molar-refractivity contribution in [2.24, 2.45) is 5.92 Å². The molecule has 1 N–H and O–H groups in total. The quantitative estimate of drug-likeness (QED) is 0.795. The van der Waals surface area contributed by atoms with Gasteiger partial charge >= 0.3 is 5.97 Å². The van der Waals surface area contributed by atoms with Gasteiger partial charge in [0.05, 0.1) is 18.6 Å². The maximum atomic E-state index is 11.4. The summed E-state index contributed by atoms with van der Waals surface area (Å²) < 4.78 is 4.84. The molecule has 0 amide bonds. The summed E-state index contributed by atoms with van der Waals surface area (Å²) in [5.74, 6) is -0.923. The first kappa shape index (κ1) is 13.5. The minimum atomic E-state index is -0.825. The number of carbonyl (C=O) groups excluding carboxylic acids is 1. The lowest BCUT2D eigenvalue weighted by atomic mass is 10.0. The Labute approximate surface area is 102 Å². The summed E-state index contributed by atoms with van der Waals surface area (Å²) in [6.07, 6.45) is 2.58. The van der Waals surface area contributed by atoms with Crippen LogP contribution in [0.3, 0.4) is 0 Å². The molecule has 0 bridgehead atoms. The van der Waals surface area contributed by atoms with E-state index in [0.29, 0.717) is 6.61 Å². The van der Waals surface area contributed by atoms with Crippen LogP contribution in [-0.2, 0) is 9.53 Å². The summed E-state index contributed by atoms with van der Waals surface area (Å²) in [5, 5.41) is 9.79. The van der Waals surface area contributed by atoms with Gasteiger partial charge in [-0.05, 0) is 19.4 Å². The zero-order valence-corrected chi connectivity index (χ0v) is 10.2. The first-order valence-electron chi connectivity index (χ1n) is 5.73. The standard InChI is InChI=1S/C14H18O3/c1-3-17-14(16)11(2)13(15)10-9-12-7-5-4-6-8-12/h4-11,13,15H,3H2,1-2H3/b10-9+. The number of aliphatic hydroxyl groups excluding tert-OH is 1. The Morgan fingerprint density at radius 1 is 1.41 bits per heavy atom. The van der Waals surface area contributed by atoms with Gasteiger partial charge in [-0.3, -0.25) is 4.79 Å². The number of ether oxygens (including phenoxy) is 1. The average Bonchev–Trinajstić information content (AvgIpc) is 2.36. The third-order valence-corrected chi connectivity index (χ3v) is 2.46. The topological polar surface area (TPSA) is 46.5 Å². The lowest BCUT2D eigenvalue weighted by Crippen LogP contribution is -2.25. The normalized spacial score (nSPS) is 14.5. The fraction of sp³-hybridized carbons (Fsp3) is 0.357. The van der Waals surface area contributed by atoms with Gasteiger partial charge in [-0.25, -0.2) is 0 Å². The monoisotopic (exact) mass is 234 g/mol. The lowest BCUT2D eigenvalue weighted by Gasteiger charge is -2.13. The Kier molecular flexibility index (Phi) is 5.43. The van der Waals surface area contributed by atoms with Crippen molar-refractivity contribution in [2.45, 2.75) is 20.0 Å². The molecule has 0 fully saturated rings. The maximum Gasteiger partial charge on any atom is 0.311 e. The van der Waals surface area contributed by atoms with Crippen LogP contribution < -0.4 is 0 Å². The zero-order valence-electron chi connectivity index (χ0n) is 10.2. The van der Waals surface area contributed by atoms with Crippen LogP contribution in [-0.4, -0.2) is 23.8 Å². The number of aliphatic hydroxyl groups is 1. The van der Waals surface area contributed by atoms with Crippen LogP contribution in [0.4, 0.5) is 0 Å². The highest BCUT2D eigenvalue weighted by molar-refractivity contribution is 5.73. The van der Waals surface area contributed by atoms with Gasteiger partial charge in [0.1, 0.15) is 0 Å². The van der Waals surface area contributed by atoms with E-state index in [1.54, 1.807) is 26.0 Å². The molecule has 0 aromatic heterocycles. The van der Waals surface area contributed by atoms with Gasteiger partial charge in [-0.2, -0.15) is 0 Å². The molecule has 0 saturated carbocycles. The van der Waals surface area contributed by atoms with Crippen molar-refractivity contribution < 1.29 is 14.6 Å². The zero-order chi connectivity index (χ0) is 12.7. The molecule has 0 aliphatic carbocycles. The minimum Gasteiger partial charge on any atom is -0.466 e. The molecule has 2 unspecified atom stereocenters. The average molecular weight is 234 g/mol. The Hall–Kier alpha value is -1.61. The molecule has 2 atom stereocenters. The van der Waals surface area contributed by atoms with E-state index in [1.807, 2.05) is 30.3 Å². The van der Waals surface area contributed by atoms with Crippen molar-refractivity contribution in [1.29, 1.82) is 0 Å². The molecular formula is C14H18O3. The summed E-state index contributed by atoms with van der Waals surface area (Å²) >= 11 is 0. The highest BCUT2D eigenvalue weighted by Crippen LogP contribution is 2.09. The van der Waals surface area contributed by atoms with E-state index in [9.17, 15) is 9.90 Å². The molecule has 0 heterocycles. The predicted octanol–water partition coefficient (Wildman–Crippen LogP) is 2.26. The Morgan fingerprint density at radius 2 is 2.06 bits per heavy atom. The summed E-state index contributed by atoms with van der Waals surface area (Å²) in [6, 6.07) is 9.62. The third kappa shape index (κ3) is 4.41. The molecule has 3 nitrogen and oxygen atoms in total. The fourth-order valence-electron chi connectivity index (χ4n) is 1.35. The second-order valence-corrected chi connectivity index (χ2v) is 3.80. The number of hydrogen-bond acceptors (Lipinski definition) is 3. The summed E-state index contributed by atoms with van der Waals surface area (Å²) in [7, 11) is 0. The number of rotatable bonds is 5. The van der Waals surface area contributed by atoms with Crippen LogP contribution in [0.15, 0.2) is 36.4 Å². The van der Waals surface area contributed by atoms with Crippen LogP contribution in [0, 0.1) is 5.92 Å². The summed E-state index contributed by atoms with van der Waals surface area (Å²) in [5.41, 5.74) is 0.989. The predicted molar refractivity (Wildman–Crippen MR) is 67.3 cm³/mol. The van der Waals surface area contributed by atoms with Gasteiger partial charge in [-0.1, -0.05) is 42.5 Å². The van der Waals surface area contributed by atoms with Crippen LogP contribution >= 0.6 is 0 Å². The molecule has 1 rings (SSSR count). The van der Waals surface area contributed by atoms with Crippen molar-refractivity contribution in [1.82, 2.24) is 0 Å². The van der Waals surface area contributed by atoms with E-state index in [-0.39, 0.29) is 5.97 Å². The van der Waals surface area contributed by atoms with Crippen LogP contribution in [0.2, 0.25) is 0 Å². The molecule has 0 radical (unpaired) electrons.